The van der Waals surface area contributed by atoms with Crippen molar-refractivity contribution in [2.24, 2.45) is 7.05 Å². The molecule has 1 aromatic carbocycles. The van der Waals surface area contributed by atoms with E-state index in [4.69, 9.17) is 46.9 Å². The number of hydrogen-bond donors (Lipinski definition) is 3. The van der Waals surface area contributed by atoms with Crippen LogP contribution in [0.3, 0.4) is 0 Å². The first-order valence-corrected chi connectivity index (χ1v) is 15.8. The van der Waals surface area contributed by atoms with E-state index in [1.807, 2.05) is 34.6 Å². The average molecular weight is 732 g/mol. The summed E-state index contributed by atoms with van der Waals surface area (Å²) in [6.07, 6.45) is 0.788. The Bertz CT molecular complexity index is 1960. The van der Waals surface area contributed by atoms with Gasteiger partial charge in [-0.25, -0.2) is 19.1 Å². The van der Waals surface area contributed by atoms with Gasteiger partial charge < -0.3 is 23.7 Å². The number of carboxylic acid groups (broad SMARTS) is 1. The molecule has 3 heterocycles. The molecule has 0 fully saturated rings. The van der Waals surface area contributed by atoms with Crippen LogP contribution in [0.5, 0.6) is 17.5 Å². The van der Waals surface area contributed by atoms with Crippen LogP contribution in [0, 0.1) is 0 Å². The quantitative estimate of drug-likeness (QED) is 0.223. The molecule has 0 spiro atoms. The second-order valence-corrected chi connectivity index (χ2v) is 13.3. The van der Waals surface area contributed by atoms with Gasteiger partial charge in [0.25, 0.3) is 10.0 Å². The number of urea groups is 1. The van der Waals surface area contributed by atoms with Crippen molar-refractivity contribution in [2.75, 3.05) is 19.5 Å². The first-order valence-electron chi connectivity index (χ1n) is 13.6. The molecule has 0 aliphatic heterocycles. The SMILES string of the molecule is CC(C)Oc1cc(-n2nc(C(C)(C)C)oc2=O)c(Cl)cc1Cl.COc1cc(OC)nc(NC(=O)NS(=O)(=O)c2c(C(=O)O)cnn2C)n1. The lowest BCUT2D eigenvalue weighted by Gasteiger charge is -2.13. The van der Waals surface area contributed by atoms with Crippen LogP contribution in [-0.4, -0.2) is 75.4 Å². The molecular formula is C27H32Cl2N8O10S. The van der Waals surface area contributed by atoms with Crippen LogP contribution >= 0.6 is 23.2 Å². The molecule has 18 nitrogen and oxygen atoms in total. The van der Waals surface area contributed by atoms with Gasteiger partial charge in [0.05, 0.1) is 48.3 Å². The van der Waals surface area contributed by atoms with Crippen molar-refractivity contribution in [3.8, 4) is 23.2 Å². The van der Waals surface area contributed by atoms with Crippen molar-refractivity contribution in [3.05, 3.63) is 56.4 Å². The van der Waals surface area contributed by atoms with Gasteiger partial charge in [-0.2, -0.15) is 28.2 Å². The predicted molar refractivity (Wildman–Crippen MR) is 171 cm³/mol. The summed E-state index contributed by atoms with van der Waals surface area (Å²) in [4.78, 5) is 42.7. The van der Waals surface area contributed by atoms with Crippen LogP contribution in [0.2, 0.25) is 10.0 Å². The number of aromatic carboxylic acids is 1. The number of benzene rings is 1. The van der Waals surface area contributed by atoms with Crippen molar-refractivity contribution in [1.82, 2.24) is 34.3 Å². The highest BCUT2D eigenvalue weighted by Gasteiger charge is 2.29. The maximum absolute atomic E-state index is 12.3. The minimum absolute atomic E-state index is 0.0642. The van der Waals surface area contributed by atoms with Crippen LogP contribution in [0.1, 0.15) is 50.9 Å². The Labute approximate surface area is 284 Å². The Morgan fingerprint density at radius 3 is 2.15 bits per heavy atom. The van der Waals surface area contributed by atoms with Crippen LogP contribution in [0.4, 0.5) is 10.7 Å². The zero-order chi connectivity index (χ0) is 36.1. The zero-order valence-corrected chi connectivity index (χ0v) is 29.2. The Balaban J connectivity index is 0.000000264. The molecule has 2 amide bonds. The van der Waals surface area contributed by atoms with Gasteiger partial charge in [-0.3, -0.25) is 10.00 Å². The summed E-state index contributed by atoms with van der Waals surface area (Å²) in [7, 11) is -0.667. The number of carbonyl (C=O) groups excluding carboxylic acids is 1. The lowest BCUT2D eigenvalue weighted by molar-refractivity contribution is 0.0692. The molecule has 0 aliphatic carbocycles. The third kappa shape index (κ3) is 9.14. The monoisotopic (exact) mass is 730 g/mol. The van der Waals surface area contributed by atoms with Gasteiger partial charge in [0.2, 0.25) is 23.6 Å². The number of sulfonamides is 1. The molecule has 0 radical (unpaired) electrons. The number of rotatable bonds is 9. The van der Waals surface area contributed by atoms with E-state index >= 15 is 0 Å². The van der Waals surface area contributed by atoms with Crippen molar-refractivity contribution in [1.29, 1.82) is 0 Å². The molecule has 0 saturated heterocycles. The highest BCUT2D eigenvalue weighted by atomic mass is 35.5. The van der Waals surface area contributed by atoms with Crippen LogP contribution in [0.15, 0.2) is 38.6 Å². The number of halogens is 2. The fraction of sp³-hybridized carbons (Fsp3) is 0.370. The van der Waals surface area contributed by atoms with E-state index in [-0.39, 0.29) is 34.2 Å². The molecular weight excluding hydrogens is 699 g/mol. The number of ether oxygens (including phenoxy) is 3. The molecule has 3 aromatic heterocycles. The number of anilines is 1. The zero-order valence-electron chi connectivity index (χ0n) is 26.9. The average Bonchev–Trinajstić information content (AvgIpc) is 3.57. The molecule has 48 heavy (non-hydrogen) atoms. The molecule has 0 aliphatic rings. The lowest BCUT2D eigenvalue weighted by atomic mass is 9.97. The Hall–Kier alpha value is -4.88. The van der Waals surface area contributed by atoms with Gasteiger partial charge in [-0.1, -0.05) is 44.0 Å². The molecule has 4 rings (SSSR count). The second kappa shape index (κ2) is 14.9. The van der Waals surface area contributed by atoms with E-state index in [9.17, 15) is 22.8 Å². The van der Waals surface area contributed by atoms with Crippen molar-refractivity contribution >= 4 is 51.2 Å². The minimum atomic E-state index is -4.53. The van der Waals surface area contributed by atoms with Gasteiger partial charge in [-0.15, -0.1) is 5.10 Å². The highest BCUT2D eigenvalue weighted by molar-refractivity contribution is 7.90. The number of methoxy groups -OCH3 is 2. The molecule has 3 N–H and O–H groups in total. The van der Waals surface area contributed by atoms with Gasteiger partial charge in [-0.05, 0) is 19.9 Å². The Morgan fingerprint density at radius 2 is 1.65 bits per heavy atom. The van der Waals surface area contributed by atoms with Crippen molar-refractivity contribution in [2.45, 2.75) is 51.2 Å². The number of hydrogen-bond acceptors (Lipinski definition) is 13. The molecule has 0 saturated carbocycles. The fourth-order valence-electron chi connectivity index (χ4n) is 3.62. The van der Waals surface area contributed by atoms with Gasteiger partial charge >= 0.3 is 17.8 Å². The van der Waals surface area contributed by atoms with Gasteiger partial charge in [0.1, 0.15) is 11.3 Å². The van der Waals surface area contributed by atoms with E-state index < -0.39 is 38.4 Å². The molecule has 0 bridgehead atoms. The van der Waals surface area contributed by atoms with E-state index in [1.54, 1.807) is 10.8 Å². The highest BCUT2D eigenvalue weighted by Crippen LogP contribution is 2.33. The number of carbonyl (C=O) groups is 2. The number of aryl methyl sites for hydroxylation is 1. The normalized spacial score (nSPS) is 11.4. The molecule has 4 aromatic rings. The Morgan fingerprint density at radius 1 is 1.04 bits per heavy atom. The number of nitrogens with one attached hydrogen (secondary N) is 2. The topological polar surface area (TPSA) is 232 Å². The van der Waals surface area contributed by atoms with E-state index in [1.165, 1.54) is 33.4 Å². The van der Waals surface area contributed by atoms with Crippen molar-refractivity contribution in [3.63, 3.8) is 0 Å². The second-order valence-electron chi connectivity index (χ2n) is 10.9. The van der Waals surface area contributed by atoms with E-state index in [0.717, 1.165) is 15.6 Å². The maximum atomic E-state index is 12.3. The first-order chi connectivity index (χ1) is 22.3. The Kier molecular flexibility index (Phi) is 11.7. The summed E-state index contributed by atoms with van der Waals surface area (Å²) < 4.78 is 48.8. The van der Waals surface area contributed by atoms with Crippen LogP contribution in [-0.2, 0) is 22.5 Å². The maximum Gasteiger partial charge on any atom is 0.442 e. The first kappa shape index (κ1) is 37.6. The van der Waals surface area contributed by atoms with Crippen LogP contribution < -0.4 is 30.0 Å². The summed E-state index contributed by atoms with van der Waals surface area (Å²) in [5.41, 5.74) is -0.612. The molecule has 260 valence electrons. The lowest BCUT2D eigenvalue weighted by Crippen LogP contribution is -2.36. The molecule has 0 unspecified atom stereocenters. The molecule has 21 heteroatoms. The number of carboxylic acids is 1. The third-order valence-electron chi connectivity index (χ3n) is 5.70. The number of aromatic nitrogens is 6. The standard InChI is InChI=1S/C15H18Cl2N2O3.C12H14N6O7S/c1-8(2)21-12-7-11(9(16)6-10(12)17)19-14(20)22-13(18-19)15(3,4)5;1-18-9(6(5-13-18)10(19)20)26(22,23)17-12(21)16-11-14-7(24-2)4-8(15-11)25-3/h6-8H,1-5H3;4-5H,1-3H3,(H,19,20)(H2,14,15,16,17,21). The summed E-state index contributed by atoms with van der Waals surface area (Å²) in [5, 5.41) is 18.9. The minimum Gasteiger partial charge on any atom is -0.489 e. The fourth-order valence-corrected chi connectivity index (χ4v) is 5.34. The number of nitrogens with zero attached hydrogens (tertiary/aromatic N) is 6. The van der Waals surface area contributed by atoms with Gasteiger partial charge in [0, 0.05) is 18.5 Å². The van der Waals surface area contributed by atoms with Crippen molar-refractivity contribution < 1.29 is 41.7 Å². The smallest absolute Gasteiger partial charge is 0.442 e. The summed E-state index contributed by atoms with van der Waals surface area (Å²) in [6, 6.07) is 3.22. The molecule has 0 atom stereocenters. The van der Waals surface area contributed by atoms with E-state index in [0.29, 0.717) is 22.4 Å². The van der Waals surface area contributed by atoms with Gasteiger partial charge in [0.15, 0.2) is 5.03 Å². The van der Waals surface area contributed by atoms with Crippen LogP contribution in [0.25, 0.3) is 5.69 Å². The number of amides is 2. The summed E-state index contributed by atoms with van der Waals surface area (Å²) >= 11 is 12.3. The predicted octanol–water partition coefficient (Wildman–Crippen LogP) is 3.65. The summed E-state index contributed by atoms with van der Waals surface area (Å²) in [6.45, 7) is 9.47. The largest absolute Gasteiger partial charge is 0.489 e. The van der Waals surface area contributed by atoms with E-state index in [2.05, 4.69) is 25.5 Å². The summed E-state index contributed by atoms with van der Waals surface area (Å²) in [5.74, 6) is -1.52. The third-order valence-corrected chi connectivity index (χ3v) is 7.75.